The summed E-state index contributed by atoms with van der Waals surface area (Å²) in [6, 6.07) is 5.92. The lowest BCUT2D eigenvalue weighted by atomic mass is 10.0. The molecule has 0 saturated carbocycles. The smallest absolute Gasteiger partial charge is 0.119 e. The van der Waals surface area contributed by atoms with Crippen LogP contribution in [0.25, 0.3) is 5.03 Å². The second-order valence-corrected chi connectivity index (χ2v) is 3.30. The SMILES string of the molecule is COc1ccc2c(c1)C(Cl)=CNC2. The first-order valence-corrected chi connectivity index (χ1v) is 4.45. The van der Waals surface area contributed by atoms with Crippen molar-refractivity contribution in [3.63, 3.8) is 0 Å². The van der Waals surface area contributed by atoms with Crippen LogP contribution < -0.4 is 10.1 Å². The van der Waals surface area contributed by atoms with Crippen LogP contribution in [0, 0.1) is 0 Å². The monoisotopic (exact) mass is 195 g/mol. The number of halogens is 1. The average molecular weight is 196 g/mol. The lowest BCUT2D eigenvalue weighted by Gasteiger charge is -2.15. The van der Waals surface area contributed by atoms with Crippen molar-refractivity contribution in [2.24, 2.45) is 0 Å². The van der Waals surface area contributed by atoms with Crippen LogP contribution in [0.5, 0.6) is 5.75 Å². The van der Waals surface area contributed by atoms with Crippen molar-refractivity contribution in [1.82, 2.24) is 5.32 Å². The van der Waals surface area contributed by atoms with Crippen LogP contribution in [-0.2, 0) is 6.54 Å². The Kier molecular flexibility index (Phi) is 2.15. The van der Waals surface area contributed by atoms with E-state index in [4.69, 9.17) is 16.3 Å². The summed E-state index contributed by atoms with van der Waals surface area (Å²) in [4.78, 5) is 0. The number of benzene rings is 1. The maximum absolute atomic E-state index is 6.02. The number of methoxy groups -OCH3 is 1. The Bertz CT molecular complexity index is 360. The number of rotatable bonds is 1. The molecule has 3 heteroatoms. The van der Waals surface area contributed by atoms with E-state index in [9.17, 15) is 0 Å². The third-order valence-corrected chi connectivity index (χ3v) is 2.41. The molecule has 0 atom stereocenters. The normalized spacial score (nSPS) is 14.2. The van der Waals surface area contributed by atoms with Gasteiger partial charge in [0, 0.05) is 18.3 Å². The third-order valence-electron chi connectivity index (χ3n) is 2.10. The summed E-state index contributed by atoms with van der Waals surface area (Å²) in [6.07, 6.45) is 1.81. The Morgan fingerprint density at radius 2 is 2.31 bits per heavy atom. The summed E-state index contributed by atoms with van der Waals surface area (Å²) >= 11 is 6.02. The quantitative estimate of drug-likeness (QED) is 0.743. The number of nitrogens with one attached hydrogen (secondary N) is 1. The van der Waals surface area contributed by atoms with Crippen molar-refractivity contribution in [2.45, 2.75) is 6.54 Å². The van der Waals surface area contributed by atoms with Gasteiger partial charge in [-0.2, -0.15) is 0 Å². The molecule has 1 heterocycles. The van der Waals surface area contributed by atoms with E-state index in [2.05, 4.69) is 5.32 Å². The Morgan fingerprint density at radius 1 is 1.46 bits per heavy atom. The molecular weight excluding hydrogens is 186 g/mol. The zero-order valence-electron chi connectivity index (χ0n) is 7.30. The van der Waals surface area contributed by atoms with Crippen LogP contribution in [-0.4, -0.2) is 7.11 Å². The van der Waals surface area contributed by atoms with Crippen LogP contribution in [0.2, 0.25) is 0 Å². The Hall–Kier alpha value is -1.15. The summed E-state index contributed by atoms with van der Waals surface area (Å²) in [5.74, 6) is 0.840. The molecule has 0 aliphatic carbocycles. The highest BCUT2D eigenvalue weighted by molar-refractivity contribution is 6.49. The van der Waals surface area contributed by atoms with Gasteiger partial charge in [0.25, 0.3) is 0 Å². The van der Waals surface area contributed by atoms with Crippen molar-refractivity contribution < 1.29 is 4.74 Å². The van der Waals surface area contributed by atoms with Crippen LogP contribution in [0.15, 0.2) is 24.4 Å². The van der Waals surface area contributed by atoms with E-state index < -0.39 is 0 Å². The van der Waals surface area contributed by atoms with Gasteiger partial charge in [0.05, 0.1) is 12.1 Å². The summed E-state index contributed by atoms with van der Waals surface area (Å²) in [6.45, 7) is 0.829. The fourth-order valence-corrected chi connectivity index (χ4v) is 1.64. The van der Waals surface area contributed by atoms with Crippen molar-refractivity contribution >= 4 is 16.6 Å². The topological polar surface area (TPSA) is 21.3 Å². The van der Waals surface area contributed by atoms with Gasteiger partial charge in [-0.25, -0.2) is 0 Å². The van der Waals surface area contributed by atoms with Gasteiger partial charge in [0.1, 0.15) is 5.75 Å². The highest BCUT2D eigenvalue weighted by Gasteiger charge is 2.10. The number of hydrogen-bond donors (Lipinski definition) is 1. The van der Waals surface area contributed by atoms with E-state index in [1.54, 1.807) is 7.11 Å². The van der Waals surface area contributed by atoms with Crippen LogP contribution in [0.4, 0.5) is 0 Å². The number of hydrogen-bond acceptors (Lipinski definition) is 2. The largest absolute Gasteiger partial charge is 0.497 e. The molecule has 2 nitrogen and oxygen atoms in total. The molecule has 1 aromatic carbocycles. The molecule has 0 bridgehead atoms. The minimum atomic E-state index is 0.736. The minimum Gasteiger partial charge on any atom is -0.497 e. The van der Waals surface area contributed by atoms with Gasteiger partial charge in [-0.15, -0.1) is 0 Å². The first-order valence-electron chi connectivity index (χ1n) is 4.07. The molecule has 2 rings (SSSR count). The molecule has 1 aliphatic rings. The first kappa shape index (κ1) is 8.45. The molecule has 0 aromatic heterocycles. The number of ether oxygens (including phenoxy) is 1. The minimum absolute atomic E-state index is 0.736. The molecule has 0 radical (unpaired) electrons. The van der Waals surface area contributed by atoms with Gasteiger partial charge in [0.2, 0.25) is 0 Å². The van der Waals surface area contributed by atoms with Gasteiger partial charge in [-0.05, 0) is 17.7 Å². The zero-order chi connectivity index (χ0) is 9.26. The zero-order valence-corrected chi connectivity index (χ0v) is 8.06. The van der Waals surface area contributed by atoms with E-state index in [-0.39, 0.29) is 0 Å². The van der Waals surface area contributed by atoms with Crippen LogP contribution in [0.3, 0.4) is 0 Å². The molecule has 1 aromatic rings. The molecule has 1 aliphatic heterocycles. The fourth-order valence-electron chi connectivity index (χ4n) is 1.39. The molecule has 0 unspecified atom stereocenters. The van der Waals surface area contributed by atoms with E-state index in [0.29, 0.717) is 0 Å². The highest BCUT2D eigenvalue weighted by Crippen LogP contribution is 2.28. The van der Waals surface area contributed by atoms with E-state index in [1.165, 1.54) is 5.56 Å². The molecule has 13 heavy (non-hydrogen) atoms. The second kappa shape index (κ2) is 3.30. The van der Waals surface area contributed by atoms with E-state index in [1.807, 2.05) is 24.4 Å². The number of fused-ring (bicyclic) bond motifs is 1. The maximum Gasteiger partial charge on any atom is 0.119 e. The first-order chi connectivity index (χ1) is 6.31. The van der Waals surface area contributed by atoms with Crippen LogP contribution in [0.1, 0.15) is 11.1 Å². The molecule has 68 valence electrons. The predicted molar refractivity (Wildman–Crippen MR) is 53.7 cm³/mol. The van der Waals surface area contributed by atoms with Crippen LogP contribution >= 0.6 is 11.6 Å². The van der Waals surface area contributed by atoms with Crippen molar-refractivity contribution in [2.75, 3.05) is 7.11 Å². The molecule has 0 saturated heterocycles. The van der Waals surface area contributed by atoms with Gasteiger partial charge >= 0.3 is 0 Å². The molecule has 0 spiro atoms. The highest BCUT2D eigenvalue weighted by atomic mass is 35.5. The summed E-state index contributed by atoms with van der Waals surface area (Å²) < 4.78 is 5.12. The lowest BCUT2D eigenvalue weighted by molar-refractivity contribution is 0.414. The summed E-state index contributed by atoms with van der Waals surface area (Å²) in [5.41, 5.74) is 2.26. The third kappa shape index (κ3) is 1.49. The fraction of sp³-hybridized carbons (Fsp3) is 0.200. The Morgan fingerprint density at radius 3 is 3.08 bits per heavy atom. The van der Waals surface area contributed by atoms with Gasteiger partial charge in [-0.3, -0.25) is 0 Å². The predicted octanol–water partition coefficient (Wildman–Crippen LogP) is 2.34. The maximum atomic E-state index is 6.02. The van der Waals surface area contributed by atoms with Crippen molar-refractivity contribution in [3.8, 4) is 5.75 Å². The summed E-state index contributed by atoms with van der Waals surface area (Å²) in [7, 11) is 1.65. The van der Waals surface area contributed by atoms with E-state index >= 15 is 0 Å². The van der Waals surface area contributed by atoms with Crippen molar-refractivity contribution in [1.29, 1.82) is 0 Å². The lowest BCUT2D eigenvalue weighted by Crippen LogP contribution is -2.11. The second-order valence-electron chi connectivity index (χ2n) is 2.90. The summed E-state index contributed by atoms with van der Waals surface area (Å²) in [5, 5.41) is 3.83. The standard InChI is InChI=1S/C10H10ClNO/c1-13-8-3-2-7-5-12-6-10(11)9(7)4-8/h2-4,6,12H,5H2,1H3. The van der Waals surface area contributed by atoms with Gasteiger partial charge in [0.15, 0.2) is 0 Å². The van der Waals surface area contributed by atoms with Gasteiger partial charge < -0.3 is 10.1 Å². The Labute approximate surface area is 82.2 Å². The molecule has 0 amide bonds. The van der Waals surface area contributed by atoms with Gasteiger partial charge in [-0.1, -0.05) is 17.7 Å². The molecule has 0 fully saturated rings. The van der Waals surface area contributed by atoms with E-state index in [0.717, 1.165) is 22.9 Å². The molecular formula is C10H10ClNO. The van der Waals surface area contributed by atoms with Crippen molar-refractivity contribution in [3.05, 3.63) is 35.5 Å². The molecule has 1 N–H and O–H groups in total. The average Bonchev–Trinajstić information content (AvgIpc) is 2.18. The Balaban J connectivity index is 2.50.